The van der Waals surface area contributed by atoms with Gasteiger partial charge in [0.25, 0.3) is 0 Å². The van der Waals surface area contributed by atoms with Gasteiger partial charge in [0.15, 0.2) is 0 Å². The van der Waals surface area contributed by atoms with E-state index >= 15 is 0 Å². The average molecular weight is 240 g/mol. The van der Waals surface area contributed by atoms with E-state index < -0.39 is 0 Å². The molecule has 2 rings (SSSR count). The van der Waals surface area contributed by atoms with E-state index in [4.69, 9.17) is 0 Å². The molecular formula is C13H24N2O2. The van der Waals surface area contributed by atoms with Crippen molar-refractivity contribution in [3.05, 3.63) is 0 Å². The van der Waals surface area contributed by atoms with Gasteiger partial charge in [0.1, 0.15) is 0 Å². The highest BCUT2D eigenvalue weighted by Gasteiger charge is 2.27. The molecule has 0 aliphatic carbocycles. The summed E-state index contributed by atoms with van der Waals surface area (Å²) in [5, 5.41) is 9.63. The summed E-state index contributed by atoms with van der Waals surface area (Å²) in [4.78, 5) is 16.3. The minimum atomic E-state index is -0.224. The number of hydrogen-bond acceptors (Lipinski definition) is 3. The third kappa shape index (κ3) is 3.42. The molecule has 1 amide bonds. The second-order valence-corrected chi connectivity index (χ2v) is 5.47. The van der Waals surface area contributed by atoms with Crippen LogP contribution in [0, 0.1) is 5.92 Å². The lowest BCUT2D eigenvalue weighted by Crippen LogP contribution is -2.45. The Morgan fingerprint density at radius 1 is 1.29 bits per heavy atom. The second-order valence-electron chi connectivity index (χ2n) is 5.47. The average Bonchev–Trinajstić information content (AvgIpc) is 2.82. The molecule has 0 aromatic carbocycles. The number of aliphatic hydroxyl groups is 1. The molecule has 0 saturated carbocycles. The molecule has 0 radical (unpaired) electrons. The van der Waals surface area contributed by atoms with Crippen molar-refractivity contribution in [3.8, 4) is 0 Å². The zero-order chi connectivity index (χ0) is 12.3. The maximum Gasteiger partial charge on any atom is 0.223 e. The van der Waals surface area contributed by atoms with E-state index in [9.17, 15) is 9.90 Å². The Balaban J connectivity index is 1.72. The lowest BCUT2D eigenvalue weighted by Gasteiger charge is -2.34. The summed E-state index contributed by atoms with van der Waals surface area (Å²) < 4.78 is 0. The monoisotopic (exact) mass is 240 g/mol. The van der Waals surface area contributed by atoms with Crippen LogP contribution in [0.3, 0.4) is 0 Å². The van der Waals surface area contributed by atoms with Crippen molar-refractivity contribution < 1.29 is 9.90 Å². The normalized spacial score (nSPS) is 30.8. The van der Waals surface area contributed by atoms with Gasteiger partial charge in [-0.1, -0.05) is 6.92 Å². The summed E-state index contributed by atoms with van der Waals surface area (Å²) in [6.07, 6.45) is 3.71. The first kappa shape index (κ1) is 12.8. The topological polar surface area (TPSA) is 43.8 Å². The van der Waals surface area contributed by atoms with Crippen LogP contribution in [0.1, 0.15) is 32.6 Å². The number of amides is 1. The van der Waals surface area contributed by atoms with Crippen LogP contribution in [0.15, 0.2) is 0 Å². The SMILES string of the molecule is CC1CN(C(=O)CCN2CCCC2)CCC1O. The summed E-state index contributed by atoms with van der Waals surface area (Å²) in [6.45, 7) is 6.69. The molecule has 0 bridgehead atoms. The maximum absolute atomic E-state index is 12.0. The number of rotatable bonds is 3. The van der Waals surface area contributed by atoms with Crippen molar-refractivity contribution in [2.45, 2.75) is 38.7 Å². The number of carbonyl (C=O) groups is 1. The van der Waals surface area contributed by atoms with Gasteiger partial charge in [0.2, 0.25) is 5.91 Å². The first-order valence-corrected chi connectivity index (χ1v) is 6.85. The van der Waals surface area contributed by atoms with E-state index in [1.54, 1.807) is 0 Å². The third-order valence-electron chi connectivity index (χ3n) is 4.05. The van der Waals surface area contributed by atoms with E-state index in [0.29, 0.717) is 6.42 Å². The highest BCUT2D eigenvalue weighted by atomic mass is 16.3. The Kier molecular flexibility index (Phi) is 4.40. The smallest absolute Gasteiger partial charge is 0.223 e. The zero-order valence-electron chi connectivity index (χ0n) is 10.8. The predicted molar refractivity (Wildman–Crippen MR) is 66.7 cm³/mol. The fraction of sp³-hybridized carbons (Fsp3) is 0.923. The van der Waals surface area contributed by atoms with Crippen molar-refractivity contribution in [2.75, 3.05) is 32.7 Å². The molecule has 2 atom stereocenters. The lowest BCUT2D eigenvalue weighted by atomic mass is 9.96. The molecule has 4 heteroatoms. The summed E-state index contributed by atoms with van der Waals surface area (Å²) in [6, 6.07) is 0. The summed E-state index contributed by atoms with van der Waals surface area (Å²) in [5.74, 6) is 0.482. The van der Waals surface area contributed by atoms with Crippen molar-refractivity contribution >= 4 is 5.91 Å². The molecular weight excluding hydrogens is 216 g/mol. The molecule has 2 saturated heterocycles. The van der Waals surface area contributed by atoms with Crippen LogP contribution in [-0.4, -0.2) is 59.6 Å². The first-order valence-electron chi connectivity index (χ1n) is 6.85. The minimum Gasteiger partial charge on any atom is -0.393 e. The third-order valence-corrected chi connectivity index (χ3v) is 4.05. The number of aliphatic hydroxyl groups excluding tert-OH is 1. The van der Waals surface area contributed by atoms with Crippen molar-refractivity contribution in [1.82, 2.24) is 9.80 Å². The molecule has 2 unspecified atom stereocenters. The molecule has 0 aromatic heterocycles. The Bertz CT molecular complexity index is 264. The fourth-order valence-corrected chi connectivity index (χ4v) is 2.78. The van der Waals surface area contributed by atoms with Gasteiger partial charge < -0.3 is 14.9 Å². The first-order chi connectivity index (χ1) is 8.16. The molecule has 2 aliphatic heterocycles. The van der Waals surface area contributed by atoms with E-state index in [0.717, 1.165) is 39.1 Å². The summed E-state index contributed by atoms with van der Waals surface area (Å²) in [5.41, 5.74) is 0. The minimum absolute atomic E-state index is 0.222. The summed E-state index contributed by atoms with van der Waals surface area (Å²) in [7, 11) is 0. The van der Waals surface area contributed by atoms with Crippen LogP contribution in [0.4, 0.5) is 0 Å². The molecule has 17 heavy (non-hydrogen) atoms. The van der Waals surface area contributed by atoms with Crippen molar-refractivity contribution in [3.63, 3.8) is 0 Å². The molecule has 2 aliphatic rings. The highest BCUT2D eigenvalue weighted by molar-refractivity contribution is 5.76. The van der Waals surface area contributed by atoms with Gasteiger partial charge >= 0.3 is 0 Å². The highest BCUT2D eigenvalue weighted by Crippen LogP contribution is 2.17. The Labute approximate surface area is 104 Å². The van der Waals surface area contributed by atoms with Crippen LogP contribution in [0.25, 0.3) is 0 Å². The summed E-state index contributed by atoms with van der Waals surface area (Å²) >= 11 is 0. The molecule has 2 heterocycles. The molecule has 98 valence electrons. The zero-order valence-corrected chi connectivity index (χ0v) is 10.8. The van der Waals surface area contributed by atoms with Crippen LogP contribution in [-0.2, 0) is 4.79 Å². The molecule has 0 aromatic rings. The fourth-order valence-electron chi connectivity index (χ4n) is 2.78. The molecule has 4 nitrogen and oxygen atoms in total. The van der Waals surface area contributed by atoms with Crippen LogP contribution in [0.2, 0.25) is 0 Å². The van der Waals surface area contributed by atoms with Gasteiger partial charge in [-0.25, -0.2) is 0 Å². The number of hydrogen-bond donors (Lipinski definition) is 1. The van der Waals surface area contributed by atoms with Crippen molar-refractivity contribution in [1.29, 1.82) is 0 Å². The quantitative estimate of drug-likeness (QED) is 0.790. The van der Waals surface area contributed by atoms with E-state index in [1.165, 1.54) is 12.8 Å². The lowest BCUT2D eigenvalue weighted by molar-refractivity contribution is -0.135. The van der Waals surface area contributed by atoms with Gasteiger partial charge in [-0.15, -0.1) is 0 Å². The Hall–Kier alpha value is -0.610. The number of likely N-dealkylation sites (tertiary alicyclic amines) is 2. The van der Waals surface area contributed by atoms with E-state index in [-0.39, 0.29) is 17.9 Å². The molecule has 2 fully saturated rings. The van der Waals surface area contributed by atoms with Gasteiger partial charge in [-0.2, -0.15) is 0 Å². The number of carbonyl (C=O) groups excluding carboxylic acids is 1. The largest absolute Gasteiger partial charge is 0.393 e. The van der Waals surface area contributed by atoms with Gasteiger partial charge in [-0.05, 0) is 38.3 Å². The second kappa shape index (κ2) is 5.83. The van der Waals surface area contributed by atoms with Gasteiger partial charge in [0, 0.05) is 26.1 Å². The number of nitrogens with zero attached hydrogens (tertiary/aromatic N) is 2. The predicted octanol–water partition coefficient (Wildman–Crippen LogP) is 0.702. The van der Waals surface area contributed by atoms with E-state index in [2.05, 4.69) is 4.90 Å². The van der Waals surface area contributed by atoms with E-state index in [1.807, 2.05) is 11.8 Å². The van der Waals surface area contributed by atoms with Crippen molar-refractivity contribution in [2.24, 2.45) is 5.92 Å². The standard InChI is InChI=1S/C13H24N2O2/c1-11-10-15(9-4-12(11)16)13(17)5-8-14-6-2-3-7-14/h11-12,16H,2-10H2,1H3. The van der Waals surface area contributed by atoms with Crippen LogP contribution >= 0.6 is 0 Å². The Morgan fingerprint density at radius 2 is 2.00 bits per heavy atom. The molecule has 1 N–H and O–H groups in total. The van der Waals surface area contributed by atoms with Crippen LogP contribution in [0.5, 0.6) is 0 Å². The maximum atomic E-state index is 12.0. The molecule has 0 spiro atoms. The van der Waals surface area contributed by atoms with Gasteiger partial charge in [-0.3, -0.25) is 4.79 Å². The number of piperidine rings is 1. The Morgan fingerprint density at radius 3 is 2.65 bits per heavy atom. The van der Waals surface area contributed by atoms with Gasteiger partial charge in [0.05, 0.1) is 6.10 Å². The van der Waals surface area contributed by atoms with Crippen LogP contribution < -0.4 is 0 Å².